The van der Waals surface area contributed by atoms with E-state index in [0.717, 1.165) is 12.8 Å². The second-order valence-corrected chi connectivity index (χ2v) is 4.21. The zero-order valence-electron chi connectivity index (χ0n) is 10.1. The fourth-order valence-corrected chi connectivity index (χ4v) is 1.36. The Hall–Kier alpha value is -0.610. The number of hydrogen-bond donors (Lipinski definition) is 2. The fraction of sp³-hybridized carbons (Fsp3) is 0.909. The topological polar surface area (TPSA) is 66.6 Å². The minimum absolute atomic E-state index is 0.0310. The van der Waals surface area contributed by atoms with Crippen LogP contribution in [0.1, 0.15) is 39.5 Å². The quantitative estimate of drug-likeness (QED) is 0.659. The molecule has 0 aliphatic carbocycles. The number of nitrogens with two attached hydrogens (primary N) is 1. The predicted molar refractivity (Wildman–Crippen MR) is 61.4 cm³/mol. The van der Waals surface area contributed by atoms with Crippen molar-refractivity contribution in [3.63, 3.8) is 0 Å². The second-order valence-electron chi connectivity index (χ2n) is 4.21. The van der Waals surface area contributed by atoms with Crippen LogP contribution in [0.4, 0.5) is 0 Å². The predicted octanol–water partition coefficient (Wildman–Crippen LogP) is 0.733. The van der Waals surface area contributed by atoms with Crippen LogP contribution in [-0.2, 0) is 4.79 Å². The average Bonchev–Trinajstić information content (AvgIpc) is 2.14. The molecule has 0 spiro atoms. The van der Waals surface area contributed by atoms with Gasteiger partial charge in [-0.25, -0.2) is 0 Å². The Kier molecular flexibility index (Phi) is 7.34. The van der Waals surface area contributed by atoms with Crippen LogP contribution in [0, 0.1) is 0 Å². The van der Waals surface area contributed by atoms with Crippen LogP contribution in [0.3, 0.4) is 0 Å². The molecule has 0 saturated carbocycles. The summed E-state index contributed by atoms with van der Waals surface area (Å²) >= 11 is 0. The van der Waals surface area contributed by atoms with Gasteiger partial charge in [0.25, 0.3) is 0 Å². The lowest BCUT2D eigenvalue weighted by atomic mass is 10.1. The van der Waals surface area contributed by atoms with Gasteiger partial charge in [-0.1, -0.05) is 13.3 Å². The van der Waals surface area contributed by atoms with Crippen molar-refractivity contribution in [2.75, 3.05) is 13.6 Å². The third kappa shape index (κ3) is 7.33. The molecule has 0 aromatic carbocycles. The molecule has 0 bridgehead atoms. The molecule has 4 nitrogen and oxygen atoms in total. The molecule has 0 aromatic rings. The molecule has 15 heavy (non-hydrogen) atoms. The van der Waals surface area contributed by atoms with Crippen molar-refractivity contribution >= 4 is 5.91 Å². The highest BCUT2D eigenvalue weighted by Crippen LogP contribution is 2.02. The van der Waals surface area contributed by atoms with Gasteiger partial charge in [0.15, 0.2) is 0 Å². The first-order chi connectivity index (χ1) is 6.97. The lowest BCUT2D eigenvalue weighted by Gasteiger charge is -2.20. The Morgan fingerprint density at radius 3 is 2.53 bits per heavy atom. The van der Waals surface area contributed by atoms with Gasteiger partial charge in [0.2, 0.25) is 5.91 Å². The molecule has 90 valence electrons. The van der Waals surface area contributed by atoms with Gasteiger partial charge in [-0.3, -0.25) is 4.79 Å². The van der Waals surface area contributed by atoms with Crippen LogP contribution in [0.2, 0.25) is 0 Å². The van der Waals surface area contributed by atoms with Crippen LogP contribution in [0.5, 0.6) is 0 Å². The van der Waals surface area contributed by atoms with E-state index in [1.165, 1.54) is 0 Å². The molecule has 4 heteroatoms. The smallest absolute Gasteiger partial charge is 0.223 e. The minimum Gasteiger partial charge on any atom is -0.393 e. The Morgan fingerprint density at radius 2 is 2.07 bits per heavy atom. The normalized spacial score (nSPS) is 14.7. The van der Waals surface area contributed by atoms with Gasteiger partial charge >= 0.3 is 0 Å². The zero-order valence-corrected chi connectivity index (χ0v) is 10.1. The zero-order chi connectivity index (χ0) is 11.8. The van der Waals surface area contributed by atoms with Crippen molar-refractivity contribution in [3.05, 3.63) is 0 Å². The largest absolute Gasteiger partial charge is 0.393 e. The van der Waals surface area contributed by atoms with E-state index in [0.29, 0.717) is 19.4 Å². The minimum atomic E-state index is -0.357. The first-order valence-corrected chi connectivity index (χ1v) is 5.65. The summed E-state index contributed by atoms with van der Waals surface area (Å²) in [5.74, 6) is 0.0663. The van der Waals surface area contributed by atoms with E-state index in [2.05, 4.69) is 6.92 Å². The van der Waals surface area contributed by atoms with Gasteiger partial charge in [-0.05, 0) is 19.8 Å². The summed E-state index contributed by atoms with van der Waals surface area (Å²) in [6.45, 7) is 4.37. The Labute approximate surface area is 92.4 Å². The second kappa shape index (κ2) is 7.65. The number of carbonyl (C=O) groups is 1. The van der Waals surface area contributed by atoms with E-state index in [-0.39, 0.29) is 18.1 Å². The molecular formula is C11H24N2O2. The van der Waals surface area contributed by atoms with E-state index in [9.17, 15) is 4.79 Å². The lowest BCUT2D eigenvalue weighted by molar-refractivity contribution is -0.130. The van der Waals surface area contributed by atoms with Crippen molar-refractivity contribution < 1.29 is 9.90 Å². The maximum absolute atomic E-state index is 11.6. The summed E-state index contributed by atoms with van der Waals surface area (Å²) < 4.78 is 0. The number of carbonyl (C=O) groups excluding carboxylic acids is 1. The van der Waals surface area contributed by atoms with E-state index in [1.807, 2.05) is 0 Å². The highest BCUT2D eigenvalue weighted by atomic mass is 16.3. The maximum Gasteiger partial charge on any atom is 0.223 e. The van der Waals surface area contributed by atoms with Gasteiger partial charge in [0.1, 0.15) is 0 Å². The Balaban J connectivity index is 3.78. The van der Waals surface area contributed by atoms with Crippen molar-refractivity contribution in [1.29, 1.82) is 0 Å². The standard InChI is InChI=1S/C11H24N2O2/c1-4-5-10(12)8-11(15)13(3)7-6-9(2)14/h9-10,14H,4-8,12H2,1-3H3. The number of hydrogen-bond acceptors (Lipinski definition) is 3. The molecule has 0 radical (unpaired) electrons. The van der Waals surface area contributed by atoms with E-state index in [1.54, 1.807) is 18.9 Å². The SMILES string of the molecule is CCCC(N)CC(=O)N(C)CCC(C)O. The van der Waals surface area contributed by atoms with Gasteiger partial charge in [0, 0.05) is 26.1 Å². The third-order valence-corrected chi connectivity index (χ3v) is 2.40. The number of aliphatic hydroxyl groups is 1. The van der Waals surface area contributed by atoms with E-state index >= 15 is 0 Å². The Bertz CT molecular complexity index is 183. The highest BCUT2D eigenvalue weighted by molar-refractivity contribution is 5.76. The molecule has 0 saturated heterocycles. The fourth-order valence-electron chi connectivity index (χ4n) is 1.36. The number of aliphatic hydroxyl groups excluding tert-OH is 1. The summed E-state index contributed by atoms with van der Waals surface area (Å²) in [6, 6.07) is -0.0310. The number of amides is 1. The van der Waals surface area contributed by atoms with Crippen molar-refractivity contribution in [2.24, 2.45) is 5.73 Å². The third-order valence-electron chi connectivity index (χ3n) is 2.40. The van der Waals surface area contributed by atoms with Crippen molar-refractivity contribution in [1.82, 2.24) is 4.90 Å². The van der Waals surface area contributed by atoms with Crippen LogP contribution >= 0.6 is 0 Å². The molecule has 2 atom stereocenters. The van der Waals surface area contributed by atoms with Crippen LogP contribution in [0.15, 0.2) is 0 Å². The van der Waals surface area contributed by atoms with Gasteiger partial charge in [-0.15, -0.1) is 0 Å². The molecule has 0 aliphatic rings. The summed E-state index contributed by atoms with van der Waals surface area (Å²) in [6.07, 6.45) is 2.56. The molecule has 3 N–H and O–H groups in total. The van der Waals surface area contributed by atoms with Crippen LogP contribution in [-0.4, -0.2) is 41.7 Å². The maximum atomic E-state index is 11.6. The van der Waals surface area contributed by atoms with Crippen molar-refractivity contribution in [2.45, 2.75) is 51.7 Å². The van der Waals surface area contributed by atoms with Crippen LogP contribution in [0.25, 0.3) is 0 Å². The van der Waals surface area contributed by atoms with Gasteiger partial charge < -0.3 is 15.7 Å². The molecule has 0 rings (SSSR count). The number of rotatable bonds is 7. The molecule has 0 fully saturated rings. The summed E-state index contributed by atoms with van der Waals surface area (Å²) in [5.41, 5.74) is 5.78. The van der Waals surface area contributed by atoms with Gasteiger partial charge in [0.05, 0.1) is 6.10 Å². The van der Waals surface area contributed by atoms with Crippen LogP contribution < -0.4 is 5.73 Å². The van der Waals surface area contributed by atoms with E-state index in [4.69, 9.17) is 10.8 Å². The highest BCUT2D eigenvalue weighted by Gasteiger charge is 2.13. The summed E-state index contributed by atoms with van der Waals surface area (Å²) in [5, 5.41) is 9.09. The first kappa shape index (κ1) is 14.4. The molecule has 2 unspecified atom stereocenters. The Morgan fingerprint density at radius 1 is 1.47 bits per heavy atom. The summed E-state index contributed by atoms with van der Waals surface area (Å²) in [7, 11) is 1.75. The van der Waals surface area contributed by atoms with E-state index < -0.39 is 0 Å². The number of nitrogens with zero attached hydrogens (tertiary/aromatic N) is 1. The monoisotopic (exact) mass is 216 g/mol. The lowest BCUT2D eigenvalue weighted by Crippen LogP contribution is -2.34. The summed E-state index contributed by atoms with van der Waals surface area (Å²) in [4.78, 5) is 13.2. The molecule has 0 aliphatic heterocycles. The first-order valence-electron chi connectivity index (χ1n) is 5.65. The molecule has 0 heterocycles. The molecule has 1 amide bonds. The molecular weight excluding hydrogens is 192 g/mol. The average molecular weight is 216 g/mol. The molecule has 0 aromatic heterocycles. The van der Waals surface area contributed by atoms with Crippen molar-refractivity contribution in [3.8, 4) is 0 Å². The van der Waals surface area contributed by atoms with Gasteiger partial charge in [-0.2, -0.15) is 0 Å².